The predicted octanol–water partition coefficient (Wildman–Crippen LogP) is 12.6. The van der Waals surface area contributed by atoms with Gasteiger partial charge in [0.25, 0.3) is 0 Å². The van der Waals surface area contributed by atoms with Crippen LogP contribution in [0.25, 0.3) is 0 Å². The summed E-state index contributed by atoms with van der Waals surface area (Å²) in [5.74, 6) is 3.56. The first-order valence-corrected chi connectivity index (χ1v) is 21.1. The second-order valence-electron chi connectivity index (χ2n) is 20.4. The SMILES string of the molecule is CCCC(CCCOc1c(C(C)(C)C)cc(CCc2cc(C(C)(C)C)c(OCCCC(CCC)C3CO3)c(C(C)(C)C)c2)cc1C(C)(C)C)C1CO1. The fraction of sp³-hybridized carbons (Fsp3) is 0.750. The fourth-order valence-corrected chi connectivity index (χ4v) is 7.96. The highest BCUT2D eigenvalue weighted by atomic mass is 16.6. The molecule has 4 unspecified atom stereocenters. The summed E-state index contributed by atoms with van der Waals surface area (Å²) >= 11 is 0. The van der Waals surface area contributed by atoms with E-state index in [4.69, 9.17) is 18.9 Å². The molecule has 2 aromatic carbocycles. The van der Waals surface area contributed by atoms with E-state index in [1.54, 1.807) is 0 Å². The summed E-state index contributed by atoms with van der Waals surface area (Å²) in [7, 11) is 0. The number of epoxide rings is 2. The van der Waals surface area contributed by atoms with Crippen molar-refractivity contribution in [3.05, 3.63) is 57.6 Å². The number of aryl methyl sites for hydroxylation is 2. The van der Waals surface area contributed by atoms with Gasteiger partial charge in [-0.2, -0.15) is 0 Å². The van der Waals surface area contributed by atoms with Crippen molar-refractivity contribution in [3.63, 3.8) is 0 Å². The van der Waals surface area contributed by atoms with Gasteiger partial charge in [-0.05, 0) is 96.0 Å². The number of ether oxygens (including phenoxy) is 4. The van der Waals surface area contributed by atoms with Crippen LogP contribution in [0.4, 0.5) is 0 Å². The molecule has 4 nitrogen and oxygen atoms in total. The number of hydrogen-bond donors (Lipinski definition) is 0. The quantitative estimate of drug-likeness (QED) is 0.107. The molecule has 4 heteroatoms. The standard InChI is InChI=1S/C48H78O4/c1-15-19-35(41-31-51-41)21-17-25-49-43-37(45(3,4)5)27-33(28-38(43)46(6,7)8)23-24-34-29-39(47(9,10)11)44(40(30-34)48(12,13)14)50-26-18-22-36(20-16-2)42-32-52-42/h27-30,35-36,41-42H,15-26,31-32H2,1-14H3. The summed E-state index contributed by atoms with van der Waals surface area (Å²) in [5.41, 5.74) is 7.99. The Morgan fingerprint density at radius 2 is 0.808 bits per heavy atom. The topological polar surface area (TPSA) is 43.5 Å². The Balaban J connectivity index is 1.57. The van der Waals surface area contributed by atoms with Gasteiger partial charge in [0, 0.05) is 22.3 Å². The lowest BCUT2D eigenvalue weighted by Crippen LogP contribution is -2.22. The molecule has 2 aromatic rings. The minimum atomic E-state index is -0.0298. The van der Waals surface area contributed by atoms with Gasteiger partial charge in [-0.3, -0.25) is 0 Å². The molecule has 0 aromatic heterocycles. The van der Waals surface area contributed by atoms with Gasteiger partial charge >= 0.3 is 0 Å². The highest BCUT2D eigenvalue weighted by Gasteiger charge is 2.34. The van der Waals surface area contributed by atoms with E-state index in [0.717, 1.165) is 63.6 Å². The number of hydrogen-bond acceptors (Lipinski definition) is 4. The van der Waals surface area contributed by atoms with Gasteiger partial charge in [0.1, 0.15) is 11.5 Å². The average Bonchev–Trinajstić information content (AvgIpc) is 3.95. The van der Waals surface area contributed by atoms with Crippen molar-refractivity contribution >= 4 is 0 Å². The molecule has 0 N–H and O–H groups in total. The summed E-state index contributed by atoms with van der Waals surface area (Å²) in [6, 6.07) is 9.81. The van der Waals surface area contributed by atoms with E-state index in [-0.39, 0.29) is 21.7 Å². The molecule has 0 saturated carbocycles. The molecule has 4 atom stereocenters. The summed E-state index contributed by atoms with van der Waals surface area (Å²) in [6.45, 7) is 36.0. The predicted molar refractivity (Wildman–Crippen MR) is 221 cm³/mol. The maximum atomic E-state index is 6.81. The van der Waals surface area contributed by atoms with Crippen LogP contribution in [0, 0.1) is 11.8 Å². The Kier molecular flexibility index (Phi) is 14.5. The molecule has 2 aliphatic heterocycles. The lowest BCUT2D eigenvalue weighted by atomic mass is 9.77. The van der Waals surface area contributed by atoms with Crippen LogP contribution >= 0.6 is 0 Å². The van der Waals surface area contributed by atoms with Crippen molar-refractivity contribution in [3.8, 4) is 11.5 Å². The van der Waals surface area contributed by atoms with E-state index in [2.05, 4.69) is 121 Å². The first-order chi connectivity index (χ1) is 24.2. The van der Waals surface area contributed by atoms with Crippen LogP contribution in [0.1, 0.15) is 182 Å². The Morgan fingerprint density at radius 1 is 0.519 bits per heavy atom. The average molecular weight is 719 g/mol. The van der Waals surface area contributed by atoms with Crippen LogP contribution in [0.3, 0.4) is 0 Å². The van der Waals surface area contributed by atoms with Crippen molar-refractivity contribution in [2.24, 2.45) is 11.8 Å². The van der Waals surface area contributed by atoms with Gasteiger partial charge in [0.05, 0.1) is 38.6 Å². The molecule has 2 fully saturated rings. The van der Waals surface area contributed by atoms with Crippen LogP contribution in [0.5, 0.6) is 11.5 Å². The summed E-state index contributed by atoms with van der Waals surface area (Å²) in [5, 5.41) is 0. The molecule has 4 rings (SSSR count). The van der Waals surface area contributed by atoms with Crippen molar-refractivity contribution in [1.82, 2.24) is 0 Å². The monoisotopic (exact) mass is 719 g/mol. The van der Waals surface area contributed by atoms with E-state index in [1.807, 2.05) is 0 Å². The zero-order valence-electron chi connectivity index (χ0n) is 36.2. The van der Waals surface area contributed by atoms with Crippen LogP contribution in [0.15, 0.2) is 24.3 Å². The third-order valence-electron chi connectivity index (χ3n) is 11.3. The molecule has 2 heterocycles. The van der Waals surface area contributed by atoms with Crippen molar-refractivity contribution in [2.45, 2.75) is 195 Å². The molecule has 0 bridgehead atoms. The highest BCUT2D eigenvalue weighted by molar-refractivity contribution is 5.53. The van der Waals surface area contributed by atoms with Gasteiger partial charge in [-0.15, -0.1) is 0 Å². The summed E-state index contributed by atoms with van der Waals surface area (Å²) in [6.07, 6.45) is 12.4. The van der Waals surface area contributed by atoms with E-state index >= 15 is 0 Å². The zero-order valence-corrected chi connectivity index (χ0v) is 36.2. The highest BCUT2D eigenvalue weighted by Crippen LogP contribution is 2.43. The van der Waals surface area contributed by atoms with E-state index < -0.39 is 0 Å². The minimum absolute atomic E-state index is 0.0298. The molecule has 294 valence electrons. The van der Waals surface area contributed by atoms with E-state index in [1.165, 1.54) is 71.9 Å². The third kappa shape index (κ3) is 12.2. The Bertz CT molecular complexity index is 1240. The summed E-state index contributed by atoms with van der Waals surface area (Å²) < 4.78 is 25.0. The van der Waals surface area contributed by atoms with Crippen LogP contribution in [-0.4, -0.2) is 38.6 Å². The smallest absolute Gasteiger partial charge is 0.126 e. The molecular formula is C48H78O4. The molecule has 52 heavy (non-hydrogen) atoms. The maximum absolute atomic E-state index is 6.81. The van der Waals surface area contributed by atoms with Gasteiger partial charge in [0.2, 0.25) is 0 Å². The van der Waals surface area contributed by atoms with E-state index in [0.29, 0.717) is 24.0 Å². The van der Waals surface area contributed by atoms with Crippen LogP contribution < -0.4 is 9.47 Å². The lowest BCUT2D eigenvalue weighted by molar-refractivity contribution is 0.252. The number of rotatable bonds is 19. The summed E-state index contributed by atoms with van der Waals surface area (Å²) in [4.78, 5) is 0. The molecule has 0 amide bonds. The first kappa shape index (κ1) is 42.7. The van der Waals surface area contributed by atoms with Gasteiger partial charge in [0.15, 0.2) is 0 Å². The second kappa shape index (κ2) is 17.6. The zero-order chi connectivity index (χ0) is 38.5. The van der Waals surface area contributed by atoms with Crippen molar-refractivity contribution in [1.29, 1.82) is 0 Å². The maximum Gasteiger partial charge on any atom is 0.126 e. The second-order valence-corrected chi connectivity index (χ2v) is 20.4. The minimum Gasteiger partial charge on any atom is -0.493 e. The fourth-order valence-electron chi connectivity index (χ4n) is 7.96. The van der Waals surface area contributed by atoms with Crippen LogP contribution in [0.2, 0.25) is 0 Å². The molecule has 2 aliphatic rings. The largest absolute Gasteiger partial charge is 0.493 e. The molecule has 0 spiro atoms. The normalized spacial score (nSPS) is 19.0. The van der Waals surface area contributed by atoms with E-state index in [9.17, 15) is 0 Å². The van der Waals surface area contributed by atoms with Gasteiger partial charge in [-0.1, -0.05) is 134 Å². The number of benzene rings is 2. The van der Waals surface area contributed by atoms with Gasteiger partial charge < -0.3 is 18.9 Å². The Hall–Kier alpha value is -2.04. The van der Waals surface area contributed by atoms with Crippen LogP contribution in [-0.2, 0) is 44.0 Å². The van der Waals surface area contributed by atoms with Gasteiger partial charge in [-0.25, -0.2) is 0 Å². The third-order valence-corrected chi connectivity index (χ3v) is 11.3. The molecular weight excluding hydrogens is 641 g/mol. The molecule has 0 aliphatic carbocycles. The Morgan fingerprint density at radius 3 is 1.04 bits per heavy atom. The van der Waals surface area contributed by atoms with Crippen molar-refractivity contribution in [2.75, 3.05) is 26.4 Å². The van der Waals surface area contributed by atoms with Crippen molar-refractivity contribution < 1.29 is 18.9 Å². The molecule has 0 radical (unpaired) electrons. The Labute approximate surface area is 320 Å². The lowest BCUT2D eigenvalue weighted by Gasteiger charge is -2.31. The molecule has 2 saturated heterocycles. The first-order valence-electron chi connectivity index (χ1n) is 21.1.